The predicted molar refractivity (Wildman–Crippen MR) is 115 cm³/mol. The molecule has 166 valence electrons. The van der Waals surface area contributed by atoms with Gasteiger partial charge in [-0.3, -0.25) is 9.88 Å². The second-order valence-corrected chi connectivity index (χ2v) is 8.31. The summed E-state index contributed by atoms with van der Waals surface area (Å²) in [6.45, 7) is 6.84. The molecule has 0 saturated carbocycles. The maximum absolute atomic E-state index is 12.7. The minimum Gasteiger partial charge on any atom is -0.490 e. The largest absolute Gasteiger partial charge is 0.490 e. The van der Waals surface area contributed by atoms with Gasteiger partial charge in [-0.15, -0.1) is 0 Å². The molecule has 1 unspecified atom stereocenters. The van der Waals surface area contributed by atoms with Crippen LogP contribution in [0, 0.1) is 0 Å². The van der Waals surface area contributed by atoms with Gasteiger partial charge in [0.2, 0.25) is 0 Å². The molecule has 2 aromatic rings. The van der Waals surface area contributed by atoms with Crippen LogP contribution in [0.1, 0.15) is 26.3 Å². The molecule has 0 bridgehead atoms. The SMILES string of the molecule is CC(C)(C)OC(=O)N1CCN(C(=O)OCc2ccccc2)CC1COc1cccnc1. The minimum atomic E-state index is -0.614. The average molecular weight is 428 g/mol. The van der Waals surface area contributed by atoms with E-state index in [-0.39, 0.29) is 25.8 Å². The quantitative estimate of drug-likeness (QED) is 0.723. The lowest BCUT2D eigenvalue weighted by molar-refractivity contribution is -0.0106. The lowest BCUT2D eigenvalue weighted by Crippen LogP contribution is -2.59. The second kappa shape index (κ2) is 10.1. The van der Waals surface area contributed by atoms with Gasteiger partial charge in [-0.1, -0.05) is 30.3 Å². The molecule has 0 spiro atoms. The van der Waals surface area contributed by atoms with Crippen LogP contribution in [-0.2, 0) is 16.1 Å². The normalized spacial score (nSPS) is 16.5. The summed E-state index contributed by atoms with van der Waals surface area (Å²) in [5, 5.41) is 0. The van der Waals surface area contributed by atoms with Crippen molar-refractivity contribution in [3.8, 4) is 5.75 Å². The Kier molecular flexibility index (Phi) is 7.33. The predicted octanol–water partition coefficient (Wildman–Crippen LogP) is 3.72. The molecule has 1 fully saturated rings. The lowest BCUT2D eigenvalue weighted by Gasteiger charge is -2.40. The number of hydrogen-bond acceptors (Lipinski definition) is 6. The molecule has 0 aliphatic carbocycles. The summed E-state index contributed by atoms with van der Waals surface area (Å²) in [4.78, 5) is 32.6. The molecule has 8 nitrogen and oxygen atoms in total. The number of benzene rings is 1. The Bertz CT molecular complexity index is 855. The van der Waals surface area contributed by atoms with Crippen molar-refractivity contribution in [1.82, 2.24) is 14.8 Å². The lowest BCUT2D eigenvalue weighted by atomic mass is 10.2. The average Bonchev–Trinajstić information content (AvgIpc) is 2.76. The van der Waals surface area contributed by atoms with Crippen molar-refractivity contribution < 1.29 is 23.8 Å². The number of piperazine rings is 1. The molecule has 1 aromatic carbocycles. The summed E-state index contributed by atoms with van der Waals surface area (Å²) >= 11 is 0. The van der Waals surface area contributed by atoms with E-state index in [2.05, 4.69) is 4.98 Å². The third-order valence-corrected chi connectivity index (χ3v) is 4.65. The van der Waals surface area contributed by atoms with Crippen LogP contribution >= 0.6 is 0 Å². The molecule has 2 heterocycles. The van der Waals surface area contributed by atoms with Crippen LogP contribution in [0.2, 0.25) is 0 Å². The zero-order chi connectivity index (χ0) is 22.3. The number of hydrogen-bond donors (Lipinski definition) is 0. The molecule has 8 heteroatoms. The molecule has 0 radical (unpaired) electrons. The maximum atomic E-state index is 12.7. The number of rotatable bonds is 5. The molecule has 1 aliphatic heterocycles. The number of amides is 2. The Morgan fingerprint density at radius 3 is 2.52 bits per heavy atom. The monoisotopic (exact) mass is 427 g/mol. The molecule has 1 atom stereocenters. The van der Waals surface area contributed by atoms with Crippen LogP contribution in [0.5, 0.6) is 5.75 Å². The van der Waals surface area contributed by atoms with Crippen molar-refractivity contribution >= 4 is 12.2 Å². The van der Waals surface area contributed by atoms with Crippen molar-refractivity contribution in [2.24, 2.45) is 0 Å². The van der Waals surface area contributed by atoms with E-state index in [0.29, 0.717) is 18.8 Å². The minimum absolute atomic E-state index is 0.197. The van der Waals surface area contributed by atoms with E-state index in [1.54, 1.807) is 34.3 Å². The van der Waals surface area contributed by atoms with Gasteiger partial charge in [0.1, 0.15) is 24.6 Å². The molecule has 0 N–H and O–H groups in total. The van der Waals surface area contributed by atoms with Crippen LogP contribution in [0.15, 0.2) is 54.9 Å². The number of aromatic nitrogens is 1. The van der Waals surface area contributed by atoms with E-state index in [1.165, 1.54) is 0 Å². The van der Waals surface area contributed by atoms with Gasteiger partial charge in [-0.25, -0.2) is 9.59 Å². The van der Waals surface area contributed by atoms with Gasteiger partial charge in [0, 0.05) is 25.8 Å². The second-order valence-electron chi connectivity index (χ2n) is 8.31. The van der Waals surface area contributed by atoms with Gasteiger partial charge in [0.25, 0.3) is 0 Å². The smallest absolute Gasteiger partial charge is 0.410 e. The van der Waals surface area contributed by atoms with Crippen molar-refractivity contribution in [2.45, 2.75) is 39.0 Å². The molecular weight excluding hydrogens is 398 g/mol. The topological polar surface area (TPSA) is 81.2 Å². The van der Waals surface area contributed by atoms with Crippen LogP contribution < -0.4 is 4.74 Å². The number of pyridine rings is 1. The zero-order valence-corrected chi connectivity index (χ0v) is 18.2. The maximum Gasteiger partial charge on any atom is 0.410 e. The number of nitrogens with zero attached hydrogens (tertiary/aromatic N) is 3. The first-order chi connectivity index (χ1) is 14.8. The molecule has 1 aromatic heterocycles. The third-order valence-electron chi connectivity index (χ3n) is 4.65. The Balaban J connectivity index is 1.64. The van der Waals surface area contributed by atoms with Crippen molar-refractivity contribution in [2.75, 3.05) is 26.2 Å². The highest BCUT2D eigenvalue weighted by molar-refractivity contribution is 5.71. The highest BCUT2D eigenvalue weighted by Crippen LogP contribution is 2.18. The van der Waals surface area contributed by atoms with E-state index < -0.39 is 17.8 Å². The Hall–Kier alpha value is -3.29. The summed E-state index contributed by atoms with van der Waals surface area (Å²) in [5.74, 6) is 0.593. The first kappa shape index (κ1) is 22.4. The van der Waals surface area contributed by atoms with E-state index in [4.69, 9.17) is 14.2 Å². The number of carbonyl (C=O) groups excluding carboxylic acids is 2. The van der Waals surface area contributed by atoms with Gasteiger partial charge < -0.3 is 19.1 Å². The Morgan fingerprint density at radius 2 is 1.84 bits per heavy atom. The Morgan fingerprint density at radius 1 is 1.06 bits per heavy atom. The summed E-state index contributed by atoms with van der Waals surface area (Å²) < 4.78 is 16.8. The third kappa shape index (κ3) is 6.87. The molecule has 31 heavy (non-hydrogen) atoms. The fourth-order valence-electron chi connectivity index (χ4n) is 3.16. The number of ether oxygens (including phenoxy) is 3. The summed E-state index contributed by atoms with van der Waals surface area (Å²) in [6, 6.07) is 12.7. The fourth-order valence-corrected chi connectivity index (χ4v) is 3.16. The number of carbonyl (C=O) groups is 2. The highest BCUT2D eigenvalue weighted by Gasteiger charge is 2.36. The van der Waals surface area contributed by atoms with Gasteiger partial charge in [0.15, 0.2) is 0 Å². The van der Waals surface area contributed by atoms with Crippen LogP contribution in [0.4, 0.5) is 9.59 Å². The highest BCUT2D eigenvalue weighted by atomic mass is 16.6. The van der Waals surface area contributed by atoms with E-state index in [0.717, 1.165) is 5.56 Å². The summed E-state index contributed by atoms with van der Waals surface area (Å²) in [7, 11) is 0. The van der Waals surface area contributed by atoms with Crippen LogP contribution in [0.25, 0.3) is 0 Å². The van der Waals surface area contributed by atoms with Crippen LogP contribution in [-0.4, -0.2) is 64.9 Å². The van der Waals surface area contributed by atoms with Crippen LogP contribution in [0.3, 0.4) is 0 Å². The first-order valence-corrected chi connectivity index (χ1v) is 10.3. The van der Waals surface area contributed by atoms with E-state index >= 15 is 0 Å². The van der Waals surface area contributed by atoms with Gasteiger partial charge in [-0.05, 0) is 38.5 Å². The standard InChI is InChI=1S/C23H29N3O5/c1-23(2,3)31-22(28)26-13-12-25(21(27)30-16-18-8-5-4-6-9-18)15-19(26)17-29-20-10-7-11-24-14-20/h4-11,14,19H,12-13,15-17H2,1-3H3. The molecule has 2 amide bonds. The van der Waals surface area contributed by atoms with Crippen molar-refractivity contribution in [1.29, 1.82) is 0 Å². The summed E-state index contributed by atoms with van der Waals surface area (Å²) in [6.07, 6.45) is 2.42. The van der Waals surface area contributed by atoms with Crippen molar-refractivity contribution in [3.05, 3.63) is 60.4 Å². The van der Waals surface area contributed by atoms with E-state index in [1.807, 2.05) is 51.1 Å². The first-order valence-electron chi connectivity index (χ1n) is 10.3. The molecular formula is C23H29N3O5. The van der Waals surface area contributed by atoms with Gasteiger partial charge in [-0.2, -0.15) is 0 Å². The van der Waals surface area contributed by atoms with Gasteiger partial charge >= 0.3 is 12.2 Å². The molecule has 1 saturated heterocycles. The van der Waals surface area contributed by atoms with Gasteiger partial charge in [0.05, 0.1) is 12.2 Å². The zero-order valence-electron chi connectivity index (χ0n) is 18.2. The fraction of sp³-hybridized carbons (Fsp3) is 0.435. The molecule has 1 aliphatic rings. The van der Waals surface area contributed by atoms with Crippen molar-refractivity contribution in [3.63, 3.8) is 0 Å². The molecule has 3 rings (SSSR count). The van der Waals surface area contributed by atoms with E-state index in [9.17, 15) is 9.59 Å². The Labute approximate surface area is 182 Å². The summed E-state index contributed by atoms with van der Waals surface area (Å²) in [5.41, 5.74) is 0.303.